The predicted molar refractivity (Wildman–Crippen MR) is 109 cm³/mol. The molecule has 0 aromatic rings. The molecule has 0 aliphatic heterocycles. The Kier molecular flexibility index (Phi) is 30.3. The summed E-state index contributed by atoms with van der Waals surface area (Å²) in [6.45, 7) is 2.85. The van der Waals surface area contributed by atoms with Gasteiger partial charge in [-0.15, -0.1) is 11.6 Å². The summed E-state index contributed by atoms with van der Waals surface area (Å²) in [7, 11) is 0. The molecule has 0 atom stereocenters. The fourth-order valence-electron chi connectivity index (χ4n) is 2.42. The summed E-state index contributed by atoms with van der Waals surface area (Å²) in [6.07, 6.45) is 23.9. The van der Waals surface area contributed by atoms with E-state index in [0.717, 1.165) is 6.42 Å². The molecule has 0 unspecified atom stereocenters. The topological polar surface area (TPSA) is 40.5 Å². The van der Waals surface area contributed by atoms with E-state index < -0.39 is 0 Å². The van der Waals surface area contributed by atoms with E-state index in [0.29, 0.717) is 18.9 Å². The average molecular weight is 363 g/mol. The lowest BCUT2D eigenvalue weighted by Gasteiger charge is -1.99. The van der Waals surface area contributed by atoms with Crippen molar-refractivity contribution < 1.29 is 10.2 Å². The summed E-state index contributed by atoms with van der Waals surface area (Å²) in [5.74, 6) is 0.566. The number of hydrogen-bond acceptors (Lipinski definition) is 2. The van der Waals surface area contributed by atoms with Gasteiger partial charge >= 0.3 is 0 Å². The molecule has 0 rings (SSSR count). The van der Waals surface area contributed by atoms with Gasteiger partial charge in [-0.1, -0.05) is 76.9 Å². The maximum absolute atomic E-state index is 8.66. The zero-order chi connectivity index (χ0) is 18.1. The molecule has 0 bridgehead atoms. The van der Waals surface area contributed by atoms with Gasteiger partial charge in [0.2, 0.25) is 0 Å². The molecule has 0 aliphatic carbocycles. The molecule has 0 amide bonds. The highest BCUT2D eigenvalue weighted by Gasteiger charge is 1.90. The molecule has 2 nitrogen and oxygen atoms in total. The standard InChI is InChI=1S/C18H36O.C3H7ClO/c1-2-3-4-5-6-7-8-9-10-11-12-13-14-15-16-17-18-19;4-2-1-3-5/h9-10,19H,2-8,11-18H2,1H3;5H,1-3H2. The summed E-state index contributed by atoms with van der Waals surface area (Å²) in [6, 6.07) is 0. The van der Waals surface area contributed by atoms with Crippen molar-refractivity contribution >= 4 is 11.6 Å². The summed E-state index contributed by atoms with van der Waals surface area (Å²) in [5, 5.41) is 16.6. The normalized spacial score (nSPS) is 10.8. The Morgan fingerprint density at radius 2 is 1.00 bits per heavy atom. The molecule has 3 heteroatoms. The highest BCUT2D eigenvalue weighted by atomic mass is 35.5. The highest BCUT2D eigenvalue weighted by molar-refractivity contribution is 6.17. The van der Waals surface area contributed by atoms with E-state index in [-0.39, 0.29) is 6.61 Å². The van der Waals surface area contributed by atoms with E-state index in [4.69, 9.17) is 21.8 Å². The third-order valence-electron chi connectivity index (χ3n) is 3.96. The first-order valence-corrected chi connectivity index (χ1v) is 10.8. The zero-order valence-electron chi connectivity index (χ0n) is 16.2. The summed E-state index contributed by atoms with van der Waals surface area (Å²) < 4.78 is 0. The van der Waals surface area contributed by atoms with Crippen molar-refractivity contribution in [1.29, 1.82) is 0 Å². The van der Waals surface area contributed by atoms with Crippen molar-refractivity contribution in [3.63, 3.8) is 0 Å². The Morgan fingerprint density at radius 1 is 0.583 bits per heavy atom. The van der Waals surface area contributed by atoms with Crippen molar-refractivity contribution in [2.45, 2.75) is 103 Å². The van der Waals surface area contributed by atoms with E-state index >= 15 is 0 Å². The first-order valence-electron chi connectivity index (χ1n) is 10.3. The third-order valence-corrected chi connectivity index (χ3v) is 4.23. The summed E-state index contributed by atoms with van der Waals surface area (Å²) >= 11 is 5.14. The van der Waals surface area contributed by atoms with Gasteiger partial charge in [0.25, 0.3) is 0 Å². The van der Waals surface area contributed by atoms with Crippen LogP contribution in [0.2, 0.25) is 0 Å². The van der Waals surface area contributed by atoms with Crippen LogP contribution in [0.3, 0.4) is 0 Å². The lowest BCUT2D eigenvalue weighted by molar-refractivity contribution is 0.282. The van der Waals surface area contributed by atoms with Crippen molar-refractivity contribution in [2.24, 2.45) is 0 Å². The number of allylic oxidation sites excluding steroid dienone is 2. The number of halogens is 1. The molecule has 0 heterocycles. The van der Waals surface area contributed by atoms with Gasteiger partial charge in [-0.3, -0.25) is 0 Å². The van der Waals surface area contributed by atoms with Crippen LogP contribution in [0, 0.1) is 0 Å². The van der Waals surface area contributed by atoms with Gasteiger partial charge in [-0.05, 0) is 38.5 Å². The van der Waals surface area contributed by atoms with Crippen molar-refractivity contribution in [3.8, 4) is 0 Å². The average Bonchev–Trinajstić information content (AvgIpc) is 2.60. The van der Waals surface area contributed by atoms with Gasteiger partial charge in [0.15, 0.2) is 0 Å². The number of alkyl halides is 1. The third kappa shape index (κ3) is 29.9. The van der Waals surface area contributed by atoms with Gasteiger partial charge in [0.1, 0.15) is 0 Å². The minimum absolute atomic E-state index is 0.212. The number of hydrogen-bond donors (Lipinski definition) is 2. The molecule has 0 radical (unpaired) electrons. The predicted octanol–water partition coefficient (Wildman–Crippen LogP) is 6.62. The molecule has 146 valence electrons. The second-order valence-corrected chi connectivity index (χ2v) is 6.81. The van der Waals surface area contributed by atoms with Crippen LogP contribution in [0.15, 0.2) is 12.2 Å². The smallest absolute Gasteiger partial charge is 0.0442 e. The minimum atomic E-state index is 0.212. The zero-order valence-corrected chi connectivity index (χ0v) is 16.9. The molecule has 2 N–H and O–H groups in total. The van der Waals surface area contributed by atoms with Gasteiger partial charge in [-0.25, -0.2) is 0 Å². The Bertz CT molecular complexity index is 218. The molecule has 0 saturated carbocycles. The van der Waals surface area contributed by atoms with Crippen LogP contribution >= 0.6 is 11.6 Å². The molecule has 0 fully saturated rings. The van der Waals surface area contributed by atoms with Crippen LogP contribution in [0.5, 0.6) is 0 Å². The quantitative estimate of drug-likeness (QED) is 0.173. The molecule has 0 saturated heterocycles. The van der Waals surface area contributed by atoms with Crippen LogP contribution < -0.4 is 0 Å². The monoisotopic (exact) mass is 362 g/mol. The lowest BCUT2D eigenvalue weighted by Crippen LogP contribution is -1.83. The van der Waals surface area contributed by atoms with E-state index in [9.17, 15) is 0 Å². The van der Waals surface area contributed by atoms with E-state index in [1.807, 2.05) is 0 Å². The second-order valence-electron chi connectivity index (χ2n) is 6.43. The molecule has 24 heavy (non-hydrogen) atoms. The van der Waals surface area contributed by atoms with Crippen molar-refractivity contribution in [3.05, 3.63) is 12.2 Å². The fourth-order valence-corrected chi connectivity index (χ4v) is 2.54. The van der Waals surface area contributed by atoms with Crippen LogP contribution in [0.1, 0.15) is 103 Å². The molecule has 0 spiro atoms. The lowest BCUT2D eigenvalue weighted by atomic mass is 10.1. The van der Waals surface area contributed by atoms with Crippen molar-refractivity contribution in [1.82, 2.24) is 0 Å². The Morgan fingerprint density at radius 3 is 1.38 bits per heavy atom. The number of aliphatic hydroxyl groups is 2. The van der Waals surface area contributed by atoms with Gasteiger partial charge in [-0.2, -0.15) is 0 Å². The fraction of sp³-hybridized carbons (Fsp3) is 0.905. The maximum atomic E-state index is 8.66. The summed E-state index contributed by atoms with van der Waals surface area (Å²) in [5.41, 5.74) is 0. The van der Waals surface area contributed by atoms with Crippen LogP contribution in [-0.2, 0) is 0 Å². The highest BCUT2D eigenvalue weighted by Crippen LogP contribution is 2.09. The Balaban J connectivity index is 0. The van der Waals surface area contributed by atoms with E-state index in [2.05, 4.69) is 19.1 Å². The number of unbranched alkanes of at least 4 members (excludes halogenated alkanes) is 12. The van der Waals surface area contributed by atoms with Crippen LogP contribution in [-0.4, -0.2) is 29.3 Å². The Labute approximate surface area is 156 Å². The van der Waals surface area contributed by atoms with E-state index in [1.54, 1.807) is 0 Å². The van der Waals surface area contributed by atoms with Gasteiger partial charge in [0, 0.05) is 19.1 Å². The molecule has 0 aliphatic rings. The first-order chi connectivity index (χ1) is 11.8. The van der Waals surface area contributed by atoms with E-state index in [1.165, 1.54) is 83.5 Å². The second kappa shape index (κ2) is 27.8. The maximum Gasteiger partial charge on any atom is 0.0442 e. The molecular formula is C21H43ClO2. The van der Waals surface area contributed by atoms with Crippen molar-refractivity contribution in [2.75, 3.05) is 19.1 Å². The number of rotatable bonds is 17. The largest absolute Gasteiger partial charge is 0.396 e. The van der Waals surface area contributed by atoms with Gasteiger partial charge in [0.05, 0.1) is 0 Å². The van der Waals surface area contributed by atoms with Crippen LogP contribution in [0.4, 0.5) is 0 Å². The Hall–Kier alpha value is -0.0500. The minimum Gasteiger partial charge on any atom is -0.396 e. The first kappa shape index (κ1) is 26.2. The molecule has 0 aromatic heterocycles. The number of aliphatic hydroxyl groups excluding tert-OH is 2. The van der Waals surface area contributed by atoms with Crippen LogP contribution in [0.25, 0.3) is 0 Å². The molecular weight excluding hydrogens is 320 g/mol. The SMILES string of the molecule is CCCCCCCCC=CCCCCCCCCO.OCCCCl. The molecule has 0 aromatic carbocycles. The van der Waals surface area contributed by atoms with Gasteiger partial charge < -0.3 is 10.2 Å². The summed E-state index contributed by atoms with van der Waals surface area (Å²) in [4.78, 5) is 0.